The van der Waals surface area contributed by atoms with Crippen molar-refractivity contribution in [1.82, 2.24) is 0 Å². The molecule has 0 spiro atoms. The Balaban J connectivity index is 0. The first-order chi connectivity index (χ1) is 0. The molecule has 0 aliphatic rings. The number of hydrogen-bond acceptors (Lipinski definition) is 0. The topological polar surface area (TPSA) is 28.5 Å². The van der Waals surface area contributed by atoms with E-state index in [1.165, 1.54) is 0 Å². The quantitative estimate of drug-likeness (QED) is 0.522. The van der Waals surface area contributed by atoms with E-state index in [1.807, 2.05) is 0 Å². The van der Waals surface area contributed by atoms with Crippen molar-refractivity contribution >= 4 is 0 Å². The molecule has 7 radical (unpaired) electrons. The molecular formula is CHfOTa. The standard InChI is InChI=1S/C.Hf.O.Ta. The molecule has 0 bridgehead atoms. The fourth-order valence-electron chi connectivity index (χ4n) is 0. The van der Waals surface area contributed by atoms with Gasteiger partial charge in [0.25, 0.3) is 0 Å². The van der Waals surface area contributed by atoms with E-state index in [-0.39, 0.29) is 61.1 Å². The zero-order chi connectivity index (χ0) is 0. The maximum absolute atomic E-state index is 0. The Morgan fingerprint density at radius 2 is 1.00 bits per heavy atom. The van der Waals surface area contributed by atoms with Gasteiger partial charge in [-0.15, -0.1) is 0 Å². The van der Waals surface area contributed by atoms with Gasteiger partial charge in [-0.25, -0.2) is 0 Å². The van der Waals surface area contributed by atoms with Crippen LogP contribution in [0.1, 0.15) is 0 Å². The molecule has 0 heterocycles. The van der Waals surface area contributed by atoms with E-state index in [9.17, 15) is 0 Å². The predicted molar refractivity (Wildman–Crippen MR) is 3.93 cm³/mol. The second-order valence-corrected chi connectivity index (χ2v) is 0. The van der Waals surface area contributed by atoms with Crippen LogP contribution in [0.4, 0.5) is 0 Å². The Hall–Kier alpha value is 1.57. The summed E-state index contributed by atoms with van der Waals surface area (Å²) in [7, 11) is 0. The number of hydrogen-bond donors (Lipinski definition) is 0. The van der Waals surface area contributed by atoms with Crippen molar-refractivity contribution in [2.45, 2.75) is 0 Å². The zero-order valence-electron chi connectivity index (χ0n) is 1.86. The van der Waals surface area contributed by atoms with Crippen LogP contribution in [0.3, 0.4) is 0 Å². The van der Waals surface area contributed by atoms with Gasteiger partial charge in [0.2, 0.25) is 0 Å². The summed E-state index contributed by atoms with van der Waals surface area (Å²) < 4.78 is 0. The normalized spacial score (nSPS) is 0. The van der Waals surface area contributed by atoms with Gasteiger partial charge < -0.3 is 0 Å². The van der Waals surface area contributed by atoms with Crippen LogP contribution < -0.4 is 0 Å². The van der Waals surface area contributed by atoms with Crippen molar-refractivity contribution in [1.29, 1.82) is 0 Å². The molecule has 0 saturated carbocycles. The van der Waals surface area contributed by atoms with Gasteiger partial charge in [0, 0.05) is 61.1 Å². The maximum atomic E-state index is 0. The molecule has 0 aliphatic heterocycles. The average Bonchev–Trinajstić information content (AvgIpc) is 0. The smallest absolute Gasteiger partial charge is 0 e. The van der Waals surface area contributed by atoms with E-state index in [1.54, 1.807) is 0 Å². The van der Waals surface area contributed by atoms with Gasteiger partial charge in [-0.2, -0.15) is 0 Å². The molecule has 0 aromatic rings. The average molecular weight is 387 g/mol. The third kappa shape index (κ3) is 9.57. The Kier molecular flexibility index (Phi) is 279. The molecular weight excluding hydrogens is 387 g/mol. The number of rotatable bonds is 0. The monoisotopic (exact) mass is 389 g/mol. The third-order valence-electron chi connectivity index (χ3n) is 0. The van der Waals surface area contributed by atoms with E-state index >= 15 is 0 Å². The van der Waals surface area contributed by atoms with Crippen LogP contribution in [0.25, 0.3) is 0 Å². The minimum atomic E-state index is 0. The third-order valence-corrected chi connectivity index (χ3v) is 0. The molecule has 3 heteroatoms. The van der Waals surface area contributed by atoms with Crippen LogP contribution in [0.5, 0.6) is 0 Å². The van der Waals surface area contributed by atoms with Gasteiger partial charge in [0.15, 0.2) is 0 Å². The largest absolute Gasteiger partial charge is 0 e. The molecule has 0 amide bonds. The zero-order valence-corrected chi connectivity index (χ0v) is 8.66. The van der Waals surface area contributed by atoms with E-state index in [0.717, 1.165) is 0 Å². The molecule has 4 heavy (non-hydrogen) atoms. The summed E-state index contributed by atoms with van der Waals surface area (Å²) >= 11 is 0. The first-order valence-corrected chi connectivity index (χ1v) is 0. The van der Waals surface area contributed by atoms with Crippen molar-refractivity contribution in [3.63, 3.8) is 0 Å². The summed E-state index contributed by atoms with van der Waals surface area (Å²) in [5, 5.41) is 0. The molecule has 0 atom stereocenters. The van der Waals surface area contributed by atoms with Crippen LogP contribution >= 0.6 is 0 Å². The molecule has 0 aliphatic carbocycles. The SMILES string of the molecule is [C].[Hf].[O].[Ta]. The minimum absolute atomic E-state index is 0. The van der Waals surface area contributed by atoms with Crippen LogP contribution in [0, 0.1) is 7.43 Å². The van der Waals surface area contributed by atoms with Crippen LogP contribution in [0.15, 0.2) is 0 Å². The van der Waals surface area contributed by atoms with Gasteiger partial charge in [-0.3, -0.25) is 0 Å². The molecule has 0 saturated heterocycles. The van der Waals surface area contributed by atoms with Crippen molar-refractivity contribution in [2.24, 2.45) is 0 Å². The molecule has 19 valence electrons. The van der Waals surface area contributed by atoms with Crippen LogP contribution in [0.2, 0.25) is 0 Å². The predicted octanol–water partition coefficient (Wildman–Crippen LogP) is -0.0425. The first kappa shape index (κ1) is 47.2. The van der Waals surface area contributed by atoms with Crippen LogP contribution in [-0.4, -0.2) is 0 Å². The summed E-state index contributed by atoms with van der Waals surface area (Å²) in [6.07, 6.45) is 0. The summed E-state index contributed by atoms with van der Waals surface area (Å²) in [5.74, 6) is 0. The first-order valence-electron chi connectivity index (χ1n) is 0. The maximum Gasteiger partial charge on any atom is 0 e. The Morgan fingerprint density at radius 1 is 1.00 bits per heavy atom. The van der Waals surface area contributed by atoms with Gasteiger partial charge in [0.1, 0.15) is 0 Å². The van der Waals surface area contributed by atoms with E-state index in [0.29, 0.717) is 0 Å². The molecule has 1 nitrogen and oxygen atoms in total. The Labute approximate surface area is 60.8 Å². The van der Waals surface area contributed by atoms with E-state index < -0.39 is 0 Å². The second-order valence-electron chi connectivity index (χ2n) is 0. The molecule has 0 aromatic carbocycles. The van der Waals surface area contributed by atoms with Crippen molar-refractivity contribution in [3.8, 4) is 0 Å². The molecule has 0 aromatic heterocycles. The summed E-state index contributed by atoms with van der Waals surface area (Å²) in [5.41, 5.74) is 0. The van der Waals surface area contributed by atoms with Crippen LogP contribution in [-0.2, 0) is 53.7 Å². The molecule has 0 unspecified atom stereocenters. The van der Waals surface area contributed by atoms with Gasteiger partial charge in [-0.05, 0) is 0 Å². The fraction of sp³-hybridized carbons (Fsp3) is 0. The molecule has 0 N–H and O–H groups in total. The van der Waals surface area contributed by atoms with Crippen molar-refractivity contribution < 1.29 is 53.7 Å². The van der Waals surface area contributed by atoms with E-state index in [4.69, 9.17) is 0 Å². The fourth-order valence-corrected chi connectivity index (χ4v) is 0. The second kappa shape index (κ2) is 23.6. The van der Waals surface area contributed by atoms with Gasteiger partial charge in [-0.1, -0.05) is 0 Å². The Morgan fingerprint density at radius 3 is 1.00 bits per heavy atom. The van der Waals surface area contributed by atoms with Crippen molar-refractivity contribution in [2.75, 3.05) is 0 Å². The van der Waals surface area contributed by atoms with Gasteiger partial charge >= 0.3 is 0 Å². The summed E-state index contributed by atoms with van der Waals surface area (Å²) in [6.45, 7) is 0. The van der Waals surface area contributed by atoms with Gasteiger partial charge in [0.05, 0.1) is 0 Å². The molecule has 0 rings (SSSR count). The summed E-state index contributed by atoms with van der Waals surface area (Å²) in [6, 6.07) is 0. The summed E-state index contributed by atoms with van der Waals surface area (Å²) in [4.78, 5) is 0. The minimum Gasteiger partial charge on any atom is 0 e. The van der Waals surface area contributed by atoms with Crippen molar-refractivity contribution in [3.05, 3.63) is 7.43 Å². The molecule has 0 fully saturated rings. The Bertz CT molecular complexity index is 8.00. The van der Waals surface area contributed by atoms with E-state index in [2.05, 4.69) is 0 Å².